The van der Waals surface area contributed by atoms with E-state index in [1.54, 1.807) is 4.90 Å². The van der Waals surface area contributed by atoms with Gasteiger partial charge in [0.25, 0.3) is 0 Å². The lowest BCUT2D eigenvalue weighted by Gasteiger charge is -2.39. The number of nitrogens with zero attached hydrogens (tertiary/aromatic N) is 1. The summed E-state index contributed by atoms with van der Waals surface area (Å²) in [5.74, 6) is 1.85. The zero-order valence-corrected chi connectivity index (χ0v) is 24.5. The monoisotopic (exact) mass is 550 g/mol. The van der Waals surface area contributed by atoms with Crippen LogP contribution in [0.15, 0.2) is 42.5 Å². The van der Waals surface area contributed by atoms with Crippen molar-refractivity contribution in [3.05, 3.63) is 59.2 Å². The lowest BCUT2D eigenvalue weighted by Crippen LogP contribution is -2.48. The Balaban J connectivity index is 1.20. The summed E-state index contributed by atoms with van der Waals surface area (Å²) in [5, 5.41) is 3.51. The maximum absolute atomic E-state index is 12.9. The summed E-state index contributed by atoms with van der Waals surface area (Å²) in [6, 6.07) is 15.0. The van der Waals surface area contributed by atoms with Gasteiger partial charge >= 0.3 is 6.09 Å². The summed E-state index contributed by atoms with van der Waals surface area (Å²) in [4.78, 5) is 14.7. The number of benzene rings is 2. The summed E-state index contributed by atoms with van der Waals surface area (Å²) in [5.41, 5.74) is 4.41. The molecule has 0 radical (unpaired) electrons. The predicted molar refractivity (Wildman–Crippen MR) is 157 cm³/mol. The normalized spacial score (nSPS) is 20.9. The molecule has 218 valence electrons. The summed E-state index contributed by atoms with van der Waals surface area (Å²) >= 11 is 0. The highest BCUT2D eigenvalue weighted by atomic mass is 16.6. The number of amides is 1. The average molecular weight is 551 g/mol. The third-order valence-corrected chi connectivity index (χ3v) is 7.85. The Hall–Kier alpha value is -2.77. The van der Waals surface area contributed by atoms with Crippen LogP contribution in [0.4, 0.5) is 10.5 Å². The van der Waals surface area contributed by atoms with Crippen LogP contribution in [0.5, 0.6) is 5.75 Å². The first-order valence-electron chi connectivity index (χ1n) is 15.1. The van der Waals surface area contributed by atoms with E-state index < -0.39 is 5.60 Å². The Kier molecular flexibility index (Phi) is 9.53. The summed E-state index contributed by atoms with van der Waals surface area (Å²) in [7, 11) is 0. The first kappa shape index (κ1) is 28.7. The Bertz CT molecular complexity index is 1110. The van der Waals surface area contributed by atoms with Crippen LogP contribution >= 0.6 is 0 Å². The van der Waals surface area contributed by atoms with Crippen molar-refractivity contribution in [2.24, 2.45) is 5.92 Å². The van der Waals surface area contributed by atoms with Gasteiger partial charge in [0, 0.05) is 44.3 Å². The third-order valence-electron chi connectivity index (χ3n) is 7.85. The first-order valence-corrected chi connectivity index (χ1v) is 15.1. The van der Waals surface area contributed by atoms with Gasteiger partial charge in [0.15, 0.2) is 0 Å². The summed E-state index contributed by atoms with van der Waals surface area (Å²) < 4.78 is 23.9. The highest BCUT2D eigenvalue weighted by Crippen LogP contribution is 2.33. The smallest absolute Gasteiger partial charge is 0.410 e. The van der Waals surface area contributed by atoms with Gasteiger partial charge in [-0.1, -0.05) is 24.3 Å². The Labute approximate surface area is 239 Å². The van der Waals surface area contributed by atoms with Crippen molar-refractivity contribution in [1.82, 2.24) is 4.90 Å². The van der Waals surface area contributed by atoms with Crippen LogP contribution in [-0.4, -0.2) is 62.2 Å². The van der Waals surface area contributed by atoms with Crippen LogP contribution < -0.4 is 10.1 Å². The minimum absolute atomic E-state index is 0.138. The van der Waals surface area contributed by atoms with Gasteiger partial charge < -0.3 is 29.2 Å². The van der Waals surface area contributed by atoms with Crippen molar-refractivity contribution in [1.29, 1.82) is 0 Å². The topological polar surface area (TPSA) is 69.3 Å². The van der Waals surface area contributed by atoms with Crippen molar-refractivity contribution in [3.63, 3.8) is 0 Å². The molecular formula is C33H46N2O5. The second-order valence-corrected chi connectivity index (χ2v) is 12.5. The van der Waals surface area contributed by atoms with Gasteiger partial charge in [-0.15, -0.1) is 0 Å². The molecule has 1 saturated carbocycles. The fraction of sp³-hybridized carbons (Fsp3) is 0.606. The van der Waals surface area contributed by atoms with Gasteiger partial charge in [-0.3, -0.25) is 0 Å². The van der Waals surface area contributed by atoms with Crippen LogP contribution in [0.1, 0.15) is 75.5 Å². The molecule has 1 aliphatic carbocycles. The molecule has 2 fully saturated rings. The number of ether oxygens (including phenoxy) is 4. The molecule has 2 atom stereocenters. The second-order valence-electron chi connectivity index (χ2n) is 12.5. The molecule has 7 nitrogen and oxygen atoms in total. The molecule has 2 aromatic carbocycles. The highest BCUT2D eigenvalue weighted by Gasteiger charge is 2.35. The lowest BCUT2D eigenvalue weighted by atomic mass is 9.87. The van der Waals surface area contributed by atoms with Crippen LogP contribution in [0.3, 0.4) is 0 Å². The van der Waals surface area contributed by atoms with E-state index in [1.165, 1.54) is 36.1 Å². The number of rotatable bonds is 11. The molecule has 1 saturated heterocycles. The number of piperidine rings is 1. The number of fused-ring (bicyclic) bond motifs is 1. The van der Waals surface area contributed by atoms with Gasteiger partial charge in [-0.05, 0) is 93.7 Å². The van der Waals surface area contributed by atoms with Gasteiger partial charge in [0.1, 0.15) is 11.4 Å². The van der Waals surface area contributed by atoms with Crippen LogP contribution in [-0.2, 0) is 27.2 Å². The minimum atomic E-state index is -0.528. The van der Waals surface area contributed by atoms with Gasteiger partial charge in [0.05, 0.1) is 25.9 Å². The average Bonchev–Trinajstić information content (AvgIpc) is 3.77. The number of aryl methyl sites for hydroxylation is 1. The number of carbonyl (C=O) groups excluding carboxylic acids is 1. The standard InChI is InChI=1S/C33H46N2O5/c1-33(2,3)40-32(36)35-17-15-29(26-11-13-28(14-12-26)38-19-5-18-37-22-24-7-8-24)31(21-35)39-23-25-9-10-27-6-4-16-34-30(27)20-25/h9-14,20,24,29,31,34H,4-8,15-19,21-23H2,1-3H3/t29-,31+/m1/s1. The number of likely N-dealkylation sites (tertiary alicyclic amines) is 1. The third kappa shape index (κ3) is 8.37. The SMILES string of the molecule is CC(C)(C)OC(=O)N1CC[C@H](c2ccc(OCCCOCC3CC3)cc2)[C@@H](OCc2ccc3c(c2)NCCC3)C1. The van der Waals surface area contributed by atoms with E-state index in [0.717, 1.165) is 56.3 Å². The van der Waals surface area contributed by atoms with Crippen LogP contribution in [0.2, 0.25) is 0 Å². The van der Waals surface area contributed by atoms with Gasteiger partial charge in [0.2, 0.25) is 0 Å². The molecule has 2 heterocycles. The molecule has 0 bridgehead atoms. The fourth-order valence-electron chi connectivity index (χ4n) is 5.46. The molecule has 3 aliphatic rings. The molecule has 0 aromatic heterocycles. The maximum atomic E-state index is 12.9. The van der Waals surface area contributed by atoms with E-state index >= 15 is 0 Å². The second kappa shape index (κ2) is 13.3. The molecule has 2 aliphatic heterocycles. The van der Waals surface area contributed by atoms with E-state index in [4.69, 9.17) is 18.9 Å². The minimum Gasteiger partial charge on any atom is -0.494 e. The fourth-order valence-corrected chi connectivity index (χ4v) is 5.46. The molecule has 2 aromatic rings. The molecule has 7 heteroatoms. The number of nitrogens with one attached hydrogen (secondary N) is 1. The van der Waals surface area contributed by atoms with Gasteiger partial charge in [-0.25, -0.2) is 4.79 Å². The predicted octanol–water partition coefficient (Wildman–Crippen LogP) is 6.55. The van der Waals surface area contributed by atoms with E-state index in [9.17, 15) is 4.79 Å². The Morgan fingerprint density at radius 2 is 1.88 bits per heavy atom. The number of hydrogen-bond donors (Lipinski definition) is 1. The Morgan fingerprint density at radius 1 is 1.05 bits per heavy atom. The van der Waals surface area contributed by atoms with Crippen molar-refractivity contribution >= 4 is 11.8 Å². The lowest BCUT2D eigenvalue weighted by molar-refractivity contribution is -0.0359. The maximum Gasteiger partial charge on any atom is 0.410 e. The molecule has 0 unspecified atom stereocenters. The van der Waals surface area contributed by atoms with Crippen molar-refractivity contribution in [2.45, 2.75) is 83.5 Å². The Morgan fingerprint density at radius 3 is 2.65 bits per heavy atom. The number of anilines is 1. The van der Waals surface area contributed by atoms with Gasteiger partial charge in [-0.2, -0.15) is 0 Å². The first-order chi connectivity index (χ1) is 19.3. The van der Waals surface area contributed by atoms with Crippen molar-refractivity contribution < 1.29 is 23.7 Å². The molecule has 1 amide bonds. The molecule has 5 rings (SSSR count). The molecule has 40 heavy (non-hydrogen) atoms. The zero-order chi connectivity index (χ0) is 28.0. The summed E-state index contributed by atoms with van der Waals surface area (Å²) in [6.07, 6.45) is 6.22. The van der Waals surface area contributed by atoms with E-state index in [1.807, 2.05) is 32.9 Å². The van der Waals surface area contributed by atoms with Crippen molar-refractivity contribution in [2.75, 3.05) is 44.8 Å². The van der Waals surface area contributed by atoms with Crippen LogP contribution in [0, 0.1) is 5.92 Å². The van der Waals surface area contributed by atoms with Crippen molar-refractivity contribution in [3.8, 4) is 5.75 Å². The van der Waals surface area contributed by atoms with Crippen LogP contribution in [0.25, 0.3) is 0 Å². The zero-order valence-electron chi connectivity index (χ0n) is 24.5. The van der Waals surface area contributed by atoms with E-state index in [0.29, 0.717) is 26.3 Å². The highest BCUT2D eigenvalue weighted by molar-refractivity contribution is 5.68. The molecule has 1 N–H and O–H groups in total. The molecular weight excluding hydrogens is 504 g/mol. The molecule has 0 spiro atoms. The number of carbonyl (C=O) groups is 1. The number of hydrogen-bond acceptors (Lipinski definition) is 6. The van der Waals surface area contributed by atoms with E-state index in [2.05, 4.69) is 35.6 Å². The largest absolute Gasteiger partial charge is 0.494 e. The quantitative estimate of drug-likeness (QED) is 0.320. The summed E-state index contributed by atoms with van der Waals surface area (Å²) in [6.45, 7) is 10.7. The van der Waals surface area contributed by atoms with E-state index in [-0.39, 0.29) is 18.1 Å².